The van der Waals surface area contributed by atoms with Gasteiger partial charge in [-0.2, -0.15) is 5.26 Å². The van der Waals surface area contributed by atoms with Crippen LogP contribution in [0.1, 0.15) is 38.2 Å². The molecule has 1 aromatic carbocycles. The van der Waals surface area contributed by atoms with Crippen molar-refractivity contribution < 1.29 is 0 Å². The summed E-state index contributed by atoms with van der Waals surface area (Å²) in [5.74, 6) is 0.844. The Morgan fingerprint density at radius 3 is 2.88 bits per heavy atom. The highest BCUT2D eigenvalue weighted by Crippen LogP contribution is 2.36. The lowest BCUT2D eigenvalue weighted by molar-refractivity contribution is 0.394. The average Bonchev–Trinajstić information content (AvgIpc) is 2.29. The van der Waals surface area contributed by atoms with E-state index in [9.17, 15) is 0 Å². The van der Waals surface area contributed by atoms with Crippen LogP contribution >= 0.6 is 11.8 Å². The van der Waals surface area contributed by atoms with Crippen molar-refractivity contribution in [3.05, 3.63) is 23.8 Å². The van der Waals surface area contributed by atoms with Crippen molar-refractivity contribution in [3.8, 4) is 6.07 Å². The molecule has 2 unspecified atom stereocenters. The zero-order valence-corrected chi connectivity index (χ0v) is 11.0. The largest absolute Gasteiger partial charge is 0.398 e. The lowest BCUT2D eigenvalue weighted by Gasteiger charge is -2.26. The molecule has 2 nitrogen and oxygen atoms in total. The van der Waals surface area contributed by atoms with E-state index < -0.39 is 0 Å². The number of thioether (sulfide) groups is 1. The van der Waals surface area contributed by atoms with Gasteiger partial charge in [0.05, 0.1) is 11.3 Å². The van der Waals surface area contributed by atoms with Crippen LogP contribution in [0.5, 0.6) is 0 Å². The highest BCUT2D eigenvalue weighted by Gasteiger charge is 2.19. The fraction of sp³-hybridized carbons (Fsp3) is 0.500. The average molecular weight is 246 g/mol. The molecule has 2 N–H and O–H groups in total. The number of benzene rings is 1. The van der Waals surface area contributed by atoms with E-state index in [2.05, 4.69) is 13.0 Å². The molecule has 0 bridgehead atoms. The lowest BCUT2D eigenvalue weighted by Crippen LogP contribution is -2.14. The number of nitrogens with zero attached hydrogens (tertiary/aromatic N) is 1. The summed E-state index contributed by atoms with van der Waals surface area (Å²) in [4.78, 5) is 1.20. The van der Waals surface area contributed by atoms with Crippen LogP contribution in [0.4, 0.5) is 5.69 Å². The van der Waals surface area contributed by atoms with E-state index in [-0.39, 0.29) is 0 Å². The molecule has 0 amide bonds. The van der Waals surface area contributed by atoms with Gasteiger partial charge < -0.3 is 5.73 Å². The van der Waals surface area contributed by atoms with E-state index >= 15 is 0 Å². The molecule has 1 aliphatic rings. The monoisotopic (exact) mass is 246 g/mol. The van der Waals surface area contributed by atoms with Gasteiger partial charge in [0.25, 0.3) is 0 Å². The molecule has 1 aromatic rings. The Bertz CT molecular complexity index is 436. The number of anilines is 1. The Morgan fingerprint density at radius 2 is 2.24 bits per heavy atom. The van der Waals surface area contributed by atoms with Crippen molar-refractivity contribution in [1.29, 1.82) is 5.26 Å². The molecule has 0 aromatic heterocycles. The van der Waals surface area contributed by atoms with Gasteiger partial charge in [0.1, 0.15) is 6.07 Å². The fourth-order valence-corrected chi connectivity index (χ4v) is 3.83. The van der Waals surface area contributed by atoms with Crippen molar-refractivity contribution in [2.45, 2.75) is 42.8 Å². The van der Waals surface area contributed by atoms with Crippen LogP contribution in [0.2, 0.25) is 0 Å². The first-order chi connectivity index (χ1) is 8.19. The van der Waals surface area contributed by atoms with E-state index in [1.807, 2.05) is 30.0 Å². The Kier molecular flexibility index (Phi) is 3.96. The molecular formula is C14H18N2S. The summed E-state index contributed by atoms with van der Waals surface area (Å²) in [7, 11) is 0. The standard InChI is InChI=1S/C14H18N2S/c1-10-3-2-4-12(7-10)17-13-6-5-11(9-15)14(16)8-13/h5-6,8,10,12H,2-4,7,16H2,1H3. The molecule has 1 saturated carbocycles. The van der Waals surface area contributed by atoms with Crippen LogP contribution in [-0.4, -0.2) is 5.25 Å². The molecule has 1 fully saturated rings. The topological polar surface area (TPSA) is 49.8 Å². The van der Waals surface area contributed by atoms with Crippen LogP contribution in [0.3, 0.4) is 0 Å². The van der Waals surface area contributed by atoms with Gasteiger partial charge in [-0.15, -0.1) is 11.8 Å². The molecule has 0 aliphatic heterocycles. The second-order valence-corrected chi connectivity index (χ2v) is 6.25. The minimum atomic E-state index is 0.575. The predicted molar refractivity (Wildman–Crippen MR) is 72.8 cm³/mol. The van der Waals surface area contributed by atoms with Gasteiger partial charge in [-0.3, -0.25) is 0 Å². The molecular weight excluding hydrogens is 228 g/mol. The van der Waals surface area contributed by atoms with Gasteiger partial charge in [-0.05, 0) is 37.0 Å². The molecule has 17 heavy (non-hydrogen) atoms. The van der Waals surface area contributed by atoms with Crippen LogP contribution in [-0.2, 0) is 0 Å². The van der Waals surface area contributed by atoms with Gasteiger partial charge in [-0.25, -0.2) is 0 Å². The minimum Gasteiger partial charge on any atom is -0.398 e. The summed E-state index contributed by atoms with van der Waals surface area (Å²) in [6.07, 6.45) is 5.30. The molecule has 0 radical (unpaired) electrons. The van der Waals surface area contributed by atoms with Crippen LogP contribution in [0.25, 0.3) is 0 Å². The molecule has 0 saturated heterocycles. The van der Waals surface area contributed by atoms with Crippen molar-refractivity contribution in [2.24, 2.45) is 5.92 Å². The normalized spacial score (nSPS) is 24.2. The maximum atomic E-state index is 8.83. The SMILES string of the molecule is CC1CCCC(Sc2ccc(C#N)c(N)c2)C1. The Labute approximate surface area is 107 Å². The number of nitrogen functional groups attached to an aromatic ring is 1. The number of rotatable bonds is 2. The van der Waals surface area contributed by atoms with Crippen molar-refractivity contribution in [2.75, 3.05) is 5.73 Å². The molecule has 2 rings (SSSR count). The van der Waals surface area contributed by atoms with E-state index in [0.717, 1.165) is 5.92 Å². The number of nitriles is 1. The third-order valence-corrected chi connectivity index (χ3v) is 4.62. The first kappa shape index (κ1) is 12.3. The molecule has 0 heterocycles. The maximum absolute atomic E-state index is 8.83. The number of nitrogens with two attached hydrogens (primary N) is 1. The first-order valence-electron chi connectivity index (χ1n) is 6.15. The summed E-state index contributed by atoms with van der Waals surface area (Å²) in [5, 5.41) is 9.54. The minimum absolute atomic E-state index is 0.575. The van der Waals surface area contributed by atoms with Crippen LogP contribution < -0.4 is 5.73 Å². The maximum Gasteiger partial charge on any atom is 0.101 e. The smallest absolute Gasteiger partial charge is 0.101 e. The number of hydrogen-bond acceptors (Lipinski definition) is 3. The zero-order valence-electron chi connectivity index (χ0n) is 10.1. The summed E-state index contributed by atoms with van der Waals surface area (Å²) in [5.41, 5.74) is 7.00. The summed E-state index contributed by atoms with van der Waals surface area (Å²) in [6.45, 7) is 2.33. The summed E-state index contributed by atoms with van der Waals surface area (Å²) < 4.78 is 0. The third-order valence-electron chi connectivity index (χ3n) is 3.33. The Morgan fingerprint density at radius 1 is 1.41 bits per heavy atom. The molecule has 3 heteroatoms. The van der Waals surface area contributed by atoms with E-state index in [0.29, 0.717) is 16.5 Å². The lowest BCUT2D eigenvalue weighted by atomic mass is 9.91. The predicted octanol–water partition coefficient (Wildman–Crippen LogP) is 3.81. The third kappa shape index (κ3) is 3.17. The van der Waals surface area contributed by atoms with Crippen molar-refractivity contribution in [1.82, 2.24) is 0 Å². The van der Waals surface area contributed by atoms with Crippen molar-refractivity contribution >= 4 is 17.4 Å². The fourth-order valence-electron chi connectivity index (χ4n) is 2.39. The summed E-state index contributed by atoms with van der Waals surface area (Å²) in [6, 6.07) is 7.87. The van der Waals surface area contributed by atoms with Crippen LogP contribution in [0.15, 0.2) is 23.1 Å². The van der Waals surface area contributed by atoms with Gasteiger partial charge >= 0.3 is 0 Å². The molecule has 2 atom stereocenters. The summed E-state index contributed by atoms with van der Waals surface area (Å²) >= 11 is 1.91. The molecule has 1 aliphatic carbocycles. The van der Waals surface area contributed by atoms with Crippen molar-refractivity contribution in [3.63, 3.8) is 0 Å². The molecule has 90 valence electrons. The Balaban J connectivity index is 2.04. The van der Waals surface area contributed by atoms with Gasteiger partial charge in [0.15, 0.2) is 0 Å². The van der Waals surface area contributed by atoms with Gasteiger partial charge in [0, 0.05) is 10.1 Å². The Hall–Kier alpha value is -1.14. The first-order valence-corrected chi connectivity index (χ1v) is 7.03. The highest BCUT2D eigenvalue weighted by molar-refractivity contribution is 8.00. The second-order valence-electron chi connectivity index (χ2n) is 4.87. The van der Waals surface area contributed by atoms with Gasteiger partial charge in [0.2, 0.25) is 0 Å². The zero-order chi connectivity index (χ0) is 12.3. The van der Waals surface area contributed by atoms with Crippen LogP contribution in [0, 0.1) is 17.2 Å². The number of hydrogen-bond donors (Lipinski definition) is 1. The van der Waals surface area contributed by atoms with E-state index in [1.54, 1.807) is 0 Å². The highest BCUT2D eigenvalue weighted by atomic mass is 32.2. The van der Waals surface area contributed by atoms with E-state index in [4.69, 9.17) is 11.0 Å². The van der Waals surface area contributed by atoms with Gasteiger partial charge in [-0.1, -0.05) is 19.8 Å². The molecule has 0 spiro atoms. The second kappa shape index (κ2) is 5.46. The van der Waals surface area contributed by atoms with E-state index in [1.165, 1.54) is 30.6 Å². The quantitative estimate of drug-likeness (QED) is 0.807.